The summed E-state index contributed by atoms with van der Waals surface area (Å²) in [5.74, 6) is 2.36. The Kier molecular flexibility index (Phi) is 4.40. The molecular weight excluding hydrogens is 394 g/mol. The van der Waals surface area contributed by atoms with Crippen LogP contribution in [0.4, 0.5) is 5.82 Å². The van der Waals surface area contributed by atoms with Crippen molar-refractivity contribution in [3.8, 4) is 11.5 Å². The minimum atomic E-state index is -0.312. The van der Waals surface area contributed by atoms with Crippen LogP contribution in [0.1, 0.15) is 24.8 Å². The van der Waals surface area contributed by atoms with Crippen LogP contribution in [0.5, 0.6) is 0 Å². The van der Waals surface area contributed by atoms with Gasteiger partial charge in [0.2, 0.25) is 11.8 Å². The minimum absolute atomic E-state index is 0.0195. The van der Waals surface area contributed by atoms with Gasteiger partial charge in [0, 0.05) is 25.9 Å². The number of nitrogens with zero attached hydrogens (tertiary/aromatic N) is 7. The van der Waals surface area contributed by atoms with E-state index in [2.05, 4.69) is 25.1 Å². The lowest BCUT2D eigenvalue weighted by molar-refractivity contribution is -0.0313. The van der Waals surface area contributed by atoms with E-state index in [-0.39, 0.29) is 12.2 Å². The number of hydrogen-bond donors (Lipinski definition) is 0. The maximum absolute atomic E-state index is 6.15. The molecule has 5 heterocycles. The standard InChI is InChI=1S/C19H18ClN7O2/c1-11-8-26(10-15(28-11)19-25-24-12(2)29-19)17-5-6-21-18(23-17)14-7-22-16-4-3-13(20)9-27(14)16/h3-7,9,11,15H,8,10H2,1-2H3. The molecule has 0 saturated carbocycles. The maximum atomic E-state index is 6.15. The van der Waals surface area contributed by atoms with Crippen LogP contribution < -0.4 is 4.90 Å². The second kappa shape index (κ2) is 7.09. The van der Waals surface area contributed by atoms with Crippen LogP contribution >= 0.6 is 11.6 Å². The van der Waals surface area contributed by atoms with Crippen molar-refractivity contribution in [3.05, 3.63) is 53.6 Å². The van der Waals surface area contributed by atoms with Crippen LogP contribution in [0.25, 0.3) is 17.2 Å². The fraction of sp³-hybridized carbons (Fsp3) is 0.316. The van der Waals surface area contributed by atoms with Gasteiger partial charge in [-0.3, -0.25) is 4.40 Å². The van der Waals surface area contributed by atoms with E-state index in [0.29, 0.717) is 35.7 Å². The van der Waals surface area contributed by atoms with Gasteiger partial charge < -0.3 is 14.1 Å². The molecule has 2 unspecified atom stereocenters. The monoisotopic (exact) mass is 411 g/mol. The summed E-state index contributed by atoms with van der Waals surface area (Å²) in [6.45, 7) is 5.02. The van der Waals surface area contributed by atoms with E-state index < -0.39 is 0 Å². The van der Waals surface area contributed by atoms with Crippen molar-refractivity contribution in [2.24, 2.45) is 0 Å². The summed E-state index contributed by atoms with van der Waals surface area (Å²) < 4.78 is 13.4. The largest absolute Gasteiger partial charge is 0.423 e. The summed E-state index contributed by atoms with van der Waals surface area (Å²) >= 11 is 6.15. The van der Waals surface area contributed by atoms with Crippen molar-refractivity contribution < 1.29 is 9.15 Å². The summed E-state index contributed by atoms with van der Waals surface area (Å²) in [4.78, 5) is 15.8. The number of hydrogen-bond acceptors (Lipinski definition) is 8. The molecule has 4 aromatic heterocycles. The number of morpholine rings is 1. The highest BCUT2D eigenvalue weighted by Crippen LogP contribution is 2.28. The van der Waals surface area contributed by atoms with Gasteiger partial charge in [-0.15, -0.1) is 10.2 Å². The van der Waals surface area contributed by atoms with Crippen molar-refractivity contribution in [2.45, 2.75) is 26.1 Å². The van der Waals surface area contributed by atoms with Gasteiger partial charge in [-0.1, -0.05) is 11.6 Å². The molecule has 0 aliphatic carbocycles. The van der Waals surface area contributed by atoms with Crippen molar-refractivity contribution in [3.63, 3.8) is 0 Å². The molecule has 10 heteroatoms. The second-order valence-electron chi connectivity index (χ2n) is 6.96. The fourth-order valence-electron chi connectivity index (χ4n) is 3.49. The smallest absolute Gasteiger partial charge is 0.247 e. The summed E-state index contributed by atoms with van der Waals surface area (Å²) in [6.07, 6.45) is 4.96. The van der Waals surface area contributed by atoms with Gasteiger partial charge in [0.05, 0.1) is 23.9 Å². The van der Waals surface area contributed by atoms with Gasteiger partial charge in [0.1, 0.15) is 17.2 Å². The molecule has 0 amide bonds. The normalized spacial score (nSPS) is 19.8. The molecule has 0 bridgehead atoms. The van der Waals surface area contributed by atoms with Gasteiger partial charge in [-0.25, -0.2) is 15.0 Å². The van der Waals surface area contributed by atoms with Gasteiger partial charge in [0.25, 0.3) is 0 Å². The molecule has 5 rings (SSSR count). The SMILES string of the molecule is Cc1nnc(C2CN(c3ccnc(-c4cnc5ccc(Cl)cn45)n3)CC(C)O2)o1. The molecule has 4 aromatic rings. The number of ether oxygens (including phenoxy) is 1. The van der Waals surface area contributed by atoms with Crippen LogP contribution in [0.15, 0.2) is 41.2 Å². The van der Waals surface area contributed by atoms with Crippen molar-refractivity contribution in [2.75, 3.05) is 18.0 Å². The predicted molar refractivity (Wildman–Crippen MR) is 106 cm³/mol. The highest BCUT2D eigenvalue weighted by Gasteiger charge is 2.31. The van der Waals surface area contributed by atoms with Gasteiger partial charge >= 0.3 is 0 Å². The Labute approximate surface area is 171 Å². The number of anilines is 1. The molecule has 0 spiro atoms. The molecule has 1 aliphatic rings. The minimum Gasteiger partial charge on any atom is -0.423 e. The molecule has 1 aliphatic heterocycles. The van der Waals surface area contributed by atoms with E-state index in [1.165, 1.54) is 0 Å². The summed E-state index contributed by atoms with van der Waals surface area (Å²) in [5, 5.41) is 8.63. The highest BCUT2D eigenvalue weighted by atomic mass is 35.5. The molecule has 0 aromatic carbocycles. The third-order valence-electron chi connectivity index (χ3n) is 4.74. The quantitative estimate of drug-likeness (QED) is 0.507. The highest BCUT2D eigenvalue weighted by molar-refractivity contribution is 6.30. The van der Waals surface area contributed by atoms with E-state index in [4.69, 9.17) is 25.7 Å². The lowest BCUT2D eigenvalue weighted by atomic mass is 10.2. The van der Waals surface area contributed by atoms with Crippen LogP contribution in [0, 0.1) is 6.92 Å². The molecule has 9 nitrogen and oxygen atoms in total. The Balaban J connectivity index is 1.48. The van der Waals surface area contributed by atoms with Gasteiger partial charge in [-0.2, -0.15) is 0 Å². The molecule has 148 valence electrons. The number of pyridine rings is 1. The van der Waals surface area contributed by atoms with Crippen LogP contribution in [0.2, 0.25) is 5.02 Å². The first-order valence-electron chi connectivity index (χ1n) is 9.23. The van der Waals surface area contributed by atoms with Crippen LogP contribution in [-0.4, -0.2) is 48.7 Å². The molecule has 0 radical (unpaired) electrons. The first-order chi connectivity index (χ1) is 14.1. The van der Waals surface area contributed by atoms with Gasteiger partial charge in [0.15, 0.2) is 11.9 Å². The Bertz CT molecular complexity index is 1170. The molecule has 0 N–H and O–H groups in total. The van der Waals surface area contributed by atoms with Crippen LogP contribution in [0.3, 0.4) is 0 Å². The third-order valence-corrected chi connectivity index (χ3v) is 4.96. The Morgan fingerprint density at radius 3 is 2.86 bits per heavy atom. The van der Waals surface area contributed by atoms with E-state index in [0.717, 1.165) is 17.2 Å². The van der Waals surface area contributed by atoms with Crippen molar-refractivity contribution in [1.29, 1.82) is 0 Å². The number of aryl methyl sites for hydroxylation is 1. The van der Waals surface area contributed by atoms with E-state index in [1.54, 1.807) is 31.6 Å². The number of halogens is 1. The zero-order chi connectivity index (χ0) is 20.0. The lowest BCUT2D eigenvalue weighted by Crippen LogP contribution is -2.43. The van der Waals surface area contributed by atoms with E-state index in [9.17, 15) is 0 Å². The lowest BCUT2D eigenvalue weighted by Gasteiger charge is -2.36. The van der Waals surface area contributed by atoms with E-state index >= 15 is 0 Å². The van der Waals surface area contributed by atoms with Gasteiger partial charge in [-0.05, 0) is 25.1 Å². The van der Waals surface area contributed by atoms with E-state index in [1.807, 2.05) is 23.5 Å². The predicted octanol–water partition coefficient (Wildman–Crippen LogP) is 3.10. The Hall–Kier alpha value is -3.04. The number of imidazole rings is 1. The third kappa shape index (κ3) is 3.43. The average Bonchev–Trinajstić information content (AvgIpc) is 3.33. The average molecular weight is 412 g/mol. The number of rotatable bonds is 3. The van der Waals surface area contributed by atoms with Crippen molar-refractivity contribution >= 4 is 23.1 Å². The number of aromatic nitrogens is 6. The Morgan fingerprint density at radius 2 is 2.03 bits per heavy atom. The summed E-state index contributed by atoms with van der Waals surface area (Å²) in [5.41, 5.74) is 1.56. The summed E-state index contributed by atoms with van der Waals surface area (Å²) in [7, 11) is 0. The summed E-state index contributed by atoms with van der Waals surface area (Å²) in [6, 6.07) is 5.55. The maximum Gasteiger partial charge on any atom is 0.247 e. The molecule has 1 saturated heterocycles. The first kappa shape index (κ1) is 18.0. The molecule has 1 fully saturated rings. The Morgan fingerprint density at radius 1 is 1.14 bits per heavy atom. The first-order valence-corrected chi connectivity index (χ1v) is 9.61. The molecule has 2 atom stereocenters. The zero-order valence-electron chi connectivity index (χ0n) is 15.9. The topological polar surface area (TPSA) is 94.5 Å². The second-order valence-corrected chi connectivity index (χ2v) is 7.39. The molecule has 29 heavy (non-hydrogen) atoms. The molecular formula is C19H18ClN7O2. The van der Waals surface area contributed by atoms with Crippen molar-refractivity contribution in [1.82, 2.24) is 29.5 Å². The van der Waals surface area contributed by atoms with Crippen LogP contribution in [-0.2, 0) is 4.74 Å². The number of fused-ring (bicyclic) bond motifs is 1. The zero-order valence-corrected chi connectivity index (χ0v) is 16.6. The fourth-order valence-corrected chi connectivity index (χ4v) is 3.65.